The fourth-order valence-corrected chi connectivity index (χ4v) is 13.6. The van der Waals surface area contributed by atoms with Crippen LogP contribution in [0.4, 0.5) is 0 Å². The van der Waals surface area contributed by atoms with Gasteiger partial charge in [-0.1, -0.05) is 220 Å². The van der Waals surface area contributed by atoms with E-state index in [4.69, 9.17) is 0 Å². The third-order valence-corrected chi connectivity index (χ3v) is 18.1. The van der Waals surface area contributed by atoms with Crippen LogP contribution in [0, 0.1) is 56.7 Å². The van der Waals surface area contributed by atoms with E-state index in [-0.39, 0.29) is 7.43 Å². The SMILES string of the molecule is C.CC.CC.CC.CC.CC(C)C1(C(C)(C)C)CCCCCN1.CC(C)C1(C(C)(C)C)CCCCNC1.CC(C)C1(C(C)(C)C)CCCNCC1.CC(C)C1(C(C)C)CCCCS1. The van der Waals surface area contributed by atoms with E-state index in [9.17, 15) is 0 Å². The van der Waals surface area contributed by atoms with Gasteiger partial charge in [0.1, 0.15) is 0 Å². The van der Waals surface area contributed by atoms with E-state index in [1.807, 2.05) is 55.4 Å². The summed E-state index contributed by atoms with van der Waals surface area (Å²) in [5.74, 6) is 5.35. The van der Waals surface area contributed by atoms with E-state index in [1.165, 1.54) is 122 Å². The van der Waals surface area contributed by atoms with Crippen molar-refractivity contribution in [3.05, 3.63) is 0 Å². The molecule has 0 saturated carbocycles. The van der Waals surface area contributed by atoms with Crippen LogP contribution in [0.5, 0.6) is 0 Å². The Hall–Kier alpha value is 0.230. The molecule has 3 nitrogen and oxygen atoms in total. The quantitative estimate of drug-likeness (QED) is 0.257. The van der Waals surface area contributed by atoms with E-state index in [2.05, 4.69) is 159 Å². The highest BCUT2D eigenvalue weighted by Crippen LogP contribution is 2.52. The Bertz CT molecular complexity index is 850. The van der Waals surface area contributed by atoms with E-state index >= 15 is 0 Å². The maximum absolute atomic E-state index is 3.83. The minimum Gasteiger partial charge on any atom is -0.317 e. The molecule has 4 heteroatoms. The van der Waals surface area contributed by atoms with E-state index < -0.39 is 0 Å². The van der Waals surface area contributed by atoms with Gasteiger partial charge in [-0.25, -0.2) is 0 Å². The van der Waals surface area contributed by atoms with E-state index in [0.29, 0.717) is 37.4 Å². The molecule has 3 unspecified atom stereocenters. The summed E-state index contributed by atoms with van der Waals surface area (Å²) in [7, 11) is 0. The first-order valence-electron chi connectivity index (χ1n) is 27.6. The van der Waals surface area contributed by atoms with Crippen molar-refractivity contribution in [3.8, 4) is 0 Å². The van der Waals surface area contributed by atoms with E-state index in [1.54, 1.807) is 0 Å². The summed E-state index contributed by atoms with van der Waals surface area (Å²) in [5, 5.41) is 11.0. The predicted molar refractivity (Wildman–Crippen MR) is 301 cm³/mol. The number of hydrogen-bond donors (Lipinski definition) is 3. The molecule has 4 heterocycles. The Kier molecular flexibility index (Phi) is 41.5. The standard InChI is InChI=1S/3C13H27N.C11H22S.4C2H6.CH4/c1-11(2)13(12(3,4)5)7-6-9-14-10-8-13;1-11(2)13(12(3,4)5)8-6-7-9-14-10-13;1-11(2)13(12(3,4)5)9-7-6-8-10-14-13;1-9(2)11(10(3)4)7-5-6-8-12-11;4*1-2;/h3*11,14H,6-10H2,1-5H3;9-10H,5-8H2,1-4H3;4*1-2H3;1H4. The Morgan fingerprint density at radius 2 is 0.810 bits per heavy atom. The number of thioether (sulfide) groups is 1. The van der Waals surface area contributed by atoms with Gasteiger partial charge >= 0.3 is 0 Å². The lowest BCUT2D eigenvalue weighted by molar-refractivity contribution is 0.0167. The Morgan fingerprint density at radius 3 is 1.19 bits per heavy atom. The molecular weight excluding hydrogens is 783 g/mol. The molecule has 4 aliphatic heterocycles. The molecule has 0 radical (unpaired) electrons. The van der Waals surface area contributed by atoms with Crippen molar-refractivity contribution in [1.82, 2.24) is 16.0 Å². The van der Waals surface area contributed by atoms with Gasteiger partial charge in [0.15, 0.2) is 0 Å². The van der Waals surface area contributed by atoms with Crippen molar-refractivity contribution in [3.63, 3.8) is 0 Å². The van der Waals surface area contributed by atoms with Crippen LogP contribution in [0.2, 0.25) is 0 Å². The Labute approximate surface area is 409 Å². The van der Waals surface area contributed by atoms with Crippen LogP contribution >= 0.6 is 11.8 Å². The molecule has 0 spiro atoms. The van der Waals surface area contributed by atoms with Crippen molar-refractivity contribution >= 4 is 11.8 Å². The molecule has 0 aromatic heterocycles. The minimum absolute atomic E-state index is 0. The smallest absolute Gasteiger partial charge is 0.0252 e. The van der Waals surface area contributed by atoms with Crippen molar-refractivity contribution in [2.45, 2.75) is 288 Å². The molecule has 388 valence electrons. The molecule has 3 atom stereocenters. The van der Waals surface area contributed by atoms with Crippen molar-refractivity contribution < 1.29 is 0 Å². The fraction of sp³-hybridized carbons (Fsp3) is 1.00. The molecular formula is C59H131N3S. The van der Waals surface area contributed by atoms with Crippen LogP contribution in [-0.2, 0) is 0 Å². The van der Waals surface area contributed by atoms with Gasteiger partial charge in [0, 0.05) is 16.8 Å². The normalized spacial score (nSPS) is 25.1. The van der Waals surface area contributed by atoms with Gasteiger partial charge < -0.3 is 16.0 Å². The maximum Gasteiger partial charge on any atom is 0.0252 e. The van der Waals surface area contributed by atoms with Crippen molar-refractivity contribution in [2.75, 3.05) is 38.5 Å². The number of hydrogen-bond acceptors (Lipinski definition) is 4. The van der Waals surface area contributed by atoms with Gasteiger partial charge in [-0.3, -0.25) is 0 Å². The third-order valence-electron chi connectivity index (χ3n) is 15.9. The van der Waals surface area contributed by atoms with Crippen LogP contribution in [-0.4, -0.2) is 48.8 Å². The molecule has 0 bridgehead atoms. The Morgan fingerprint density at radius 1 is 0.381 bits per heavy atom. The van der Waals surface area contributed by atoms with Gasteiger partial charge in [0.05, 0.1) is 0 Å². The molecule has 4 saturated heterocycles. The second-order valence-corrected chi connectivity index (χ2v) is 24.5. The summed E-state index contributed by atoms with van der Waals surface area (Å²) < 4.78 is 0.595. The summed E-state index contributed by atoms with van der Waals surface area (Å²) in [5.41, 5.74) is 2.60. The van der Waals surface area contributed by atoms with Gasteiger partial charge in [-0.2, -0.15) is 11.8 Å². The van der Waals surface area contributed by atoms with Gasteiger partial charge in [0.25, 0.3) is 0 Å². The molecule has 3 N–H and O–H groups in total. The molecule has 4 aliphatic rings. The summed E-state index contributed by atoms with van der Waals surface area (Å²) >= 11 is 2.23. The zero-order chi connectivity index (χ0) is 49.7. The molecule has 0 aromatic rings. The summed E-state index contributed by atoms with van der Waals surface area (Å²) in [6.07, 6.45) is 18.0. The van der Waals surface area contributed by atoms with Gasteiger partial charge in [0.2, 0.25) is 0 Å². The van der Waals surface area contributed by atoms with Gasteiger partial charge in [-0.15, -0.1) is 0 Å². The third kappa shape index (κ3) is 22.5. The topological polar surface area (TPSA) is 36.1 Å². The van der Waals surface area contributed by atoms with Crippen molar-refractivity contribution in [2.24, 2.45) is 56.7 Å². The first-order valence-corrected chi connectivity index (χ1v) is 28.6. The summed E-state index contributed by atoms with van der Waals surface area (Å²) in [4.78, 5) is 0. The molecule has 0 amide bonds. The lowest BCUT2D eigenvalue weighted by atomic mass is 9.57. The highest BCUT2D eigenvalue weighted by Gasteiger charge is 2.46. The largest absolute Gasteiger partial charge is 0.317 e. The Balaban J connectivity index is -0.000000224. The fourth-order valence-electron chi connectivity index (χ4n) is 11.9. The summed E-state index contributed by atoms with van der Waals surface area (Å²) in [6.45, 7) is 67.5. The molecule has 0 aliphatic carbocycles. The highest BCUT2D eigenvalue weighted by molar-refractivity contribution is 8.00. The van der Waals surface area contributed by atoms with Crippen LogP contribution in [0.15, 0.2) is 0 Å². The second-order valence-electron chi connectivity index (χ2n) is 23.0. The maximum atomic E-state index is 3.83. The first kappa shape index (κ1) is 72.2. The average molecular weight is 915 g/mol. The van der Waals surface area contributed by atoms with Gasteiger partial charge in [-0.05, 0) is 146 Å². The lowest BCUT2D eigenvalue weighted by Crippen LogP contribution is -2.58. The second kappa shape index (κ2) is 36.2. The summed E-state index contributed by atoms with van der Waals surface area (Å²) in [6, 6.07) is 0. The zero-order valence-corrected chi connectivity index (χ0v) is 49.5. The zero-order valence-electron chi connectivity index (χ0n) is 48.7. The molecule has 0 aromatic carbocycles. The number of rotatable bonds is 5. The van der Waals surface area contributed by atoms with Crippen LogP contribution < -0.4 is 16.0 Å². The average Bonchev–Trinajstić information content (AvgIpc) is 3.76. The lowest BCUT2D eigenvalue weighted by Gasteiger charge is -2.48. The van der Waals surface area contributed by atoms with Crippen molar-refractivity contribution in [1.29, 1.82) is 0 Å². The van der Waals surface area contributed by atoms with Crippen LogP contribution in [0.3, 0.4) is 0 Å². The van der Waals surface area contributed by atoms with Crippen LogP contribution in [0.1, 0.15) is 278 Å². The predicted octanol–water partition coefficient (Wildman–Crippen LogP) is 19.2. The molecule has 4 rings (SSSR count). The first-order chi connectivity index (χ1) is 28.8. The highest BCUT2D eigenvalue weighted by atomic mass is 32.2. The van der Waals surface area contributed by atoms with Crippen LogP contribution in [0.25, 0.3) is 0 Å². The molecule has 4 fully saturated rings. The molecule has 63 heavy (non-hydrogen) atoms. The number of nitrogens with one attached hydrogen (secondary N) is 3. The van der Waals surface area contributed by atoms with E-state index in [0.717, 1.165) is 29.6 Å². The minimum atomic E-state index is 0. The monoisotopic (exact) mass is 914 g/mol.